The van der Waals surface area contributed by atoms with Crippen LogP contribution in [0.1, 0.15) is 30.5 Å². The molecular formula is C34H36BrN3O4S. The molecule has 7 nitrogen and oxygen atoms in total. The normalized spacial score (nSPS) is 11.9. The molecule has 0 saturated carbocycles. The van der Waals surface area contributed by atoms with Crippen molar-refractivity contribution in [1.82, 2.24) is 10.2 Å². The predicted molar refractivity (Wildman–Crippen MR) is 174 cm³/mol. The molecule has 9 heteroatoms. The maximum Gasteiger partial charge on any atom is 0.264 e. The average molecular weight is 663 g/mol. The molecular weight excluding hydrogens is 626 g/mol. The molecule has 0 heterocycles. The van der Waals surface area contributed by atoms with Crippen molar-refractivity contribution in [1.29, 1.82) is 0 Å². The molecule has 0 bridgehead atoms. The molecule has 0 radical (unpaired) electrons. The predicted octanol–water partition coefficient (Wildman–Crippen LogP) is 5.98. The number of halogens is 1. The standard InChI is InChI=1S/C34H36BrN3O4S/c1-3-28-15-11-12-18-31(28)38(43(41,42)30-16-9-6-10-17-30)25-33(39)37(24-27-19-21-29(35)22-20-27)32(34(40)36-4-2)23-26-13-7-5-8-14-26/h5-22,32H,3-4,23-25H2,1-2H3,(H,36,40)/t32-/m1/s1. The Morgan fingerprint density at radius 3 is 2.02 bits per heavy atom. The lowest BCUT2D eigenvalue weighted by molar-refractivity contribution is -0.140. The largest absolute Gasteiger partial charge is 0.355 e. The number of nitrogens with one attached hydrogen (secondary N) is 1. The molecule has 0 saturated heterocycles. The summed E-state index contributed by atoms with van der Waals surface area (Å²) >= 11 is 3.46. The highest BCUT2D eigenvalue weighted by molar-refractivity contribution is 9.10. The molecule has 0 aromatic heterocycles. The molecule has 43 heavy (non-hydrogen) atoms. The SMILES string of the molecule is CCNC(=O)[C@@H](Cc1ccccc1)N(Cc1ccc(Br)cc1)C(=O)CN(c1ccccc1CC)S(=O)(=O)c1ccccc1. The Bertz CT molecular complexity index is 1610. The number of nitrogens with zero attached hydrogens (tertiary/aromatic N) is 2. The van der Waals surface area contributed by atoms with Gasteiger partial charge in [0.2, 0.25) is 11.8 Å². The molecule has 1 atom stereocenters. The molecule has 1 N–H and O–H groups in total. The van der Waals surface area contributed by atoms with Gasteiger partial charge in [0.05, 0.1) is 10.6 Å². The van der Waals surface area contributed by atoms with Crippen LogP contribution in [0.2, 0.25) is 0 Å². The minimum absolute atomic E-state index is 0.0812. The number of anilines is 1. The van der Waals surface area contributed by atoms with Gasteiger partial charge in [-0.2, -0.15) is 0 Å². The molecule has 0 aliphatic heterocycles. The van der Waals surface area contributed by atoms with Crippen LogP contribution in [-0.2, 0) is 39.0 Å². The summed E-state index contributed by atoms with van der Waals surface area (Å²) in [7, 11) is -4.13. The van der Waals surface area contributed by atoms with Gasteiger partial charge < -0.3 is 10.2 Å². The number of amides is 2. The van der Waals surface area contributed by atoms with Gasteiger partial charge in [0.1, 0.15) is 12.6 Å². The molecule has 0 aliphatic carbocycles. The van der Waals surface area contributed by atoms with E-state index in [4.69, 9.17) is 0 Å². The molecule has 224 valence electrons. The van der Waals surface area contributed by atoms with Gasteiger partial charge in [0, 0.05) is 24.0 Å². The van der Waals surface area contributed by atoms with Gasteiger partial charge in [-0.1, -0.05) is 102 Å². The fraction of sp³-hybridized carbons (Fsp3) is 0.235. The summed E-state index contributed by atoms with van der Waals surface area (Å²) in [5.74, 6) is -0.788. The van der Waals surface area contributed by atoms with E-state index in [1.807, 2.05) is 80.6 Å². The molecule has 0 unspecified atom stereocenters. The zero-order valence-electron chi connectivity index (χ0n) is 24.3. The first-order valence-electron chi connectivity index (χ1n) is 14.3. The third kappa shape index (κ3) is 8.12. The maximum absolute atomic E-state index is 14.4. The van der Waals surface area contributed by atoms with E-state index in [9.17, 15) is 18.0 Å². The van der Waals surface area contributed by atoms with Crippen molar-refractivity contribution in [2.45, 2.75) is 44.2 Å². The van der Waals surface area contributed by atoms with Crippen LogP contribution in [0.3, 0.4) is 0 Å². The van der Waals surface area contributed by atoms with E-state index in [0.29, 0.717) is 18.7 Å². The first kappa shape index (κ1) is 32.0. The number of carbonyl (C=O) groups excluding carboxylic acids is 2. The lowest BCUT2D eigenvalue weighted by atomic mass is 10.0. The van der Waals surface area contributed by atoms with Crippen LogP contribution in [0.5, 0.6) is 0 Å². The van der Waals surface area contributed by atoms with Crippen molar-refractivity contribution < 1.29 is 18.0 Å². The van der Waals surface area contributed by atoms with Gasteiger partial charge in [-0.05, 0) is 60.4 Å². The Balaban J connectivity index is 1.81. The second-order valence-electron chi connectivity index (χ2n) is 10.1. The van der Waals surface area contributed by atoms with Crippen LogP contribution in [0.4, 0.5) is 5.69 Å². The van der Waals surface area contributed by atoms with Crippen LogP contribution in [0, 0.1) is 0 Å². The van der Waals surface area contributed by atoms with Gasteiger partial charge in [-0.15, -0.1) is 0 Å². The zero-order chi connectivity index (χ0) is 30.8. The fourth-order valence-electron chi connectivity index (χ4n) is 4.92. The molecule has 0 fully saturated rings. The second-order valence-corrected chi connectivity index (χ2v) is 12.8. The van der Waals surface area contributed by atoms with Crippen molar-refractivity contribution in [3.63, 3.8) is 0 Å². The Kier molecular flexibility index (Phi) is 11.1. The number of para-hydroxylation sites is 1. The Hall–Kier alpha value is -3.95. The summed E-state index contributed by atoms with van der Waals surface area (Å²) in [6, 6.07) is 31.4. The summed E-state index contributed by atoms with van der Waals surface area (Å²) in [4.78, 5) is 29.6. The van der Waals surface area contributed by atoms with E-state index in [0.717, 1.165) is 21.2 Å². The molecule has 4 aromatic carbocycles. The number of rotatable bonds is 13. The molecule has 2 amide bonds. The fourth-order valence-corrected chi connectivity index (χ4v) is 6.66. The highest BCUT2D eigenvalue weighted by Gasteiger charge is 2.35. The van der Waals surface area contributed by atoms with E-state index in [-0.39, 0.29) is 23.8 Å². The third-order valence-electron chi connectivity index (χ3n) is 7.14. The summed E-state index contributed by atoms with van der Waals surface area (Å²) in [5, 5.41) is 2.88. The van der Waals surface area contributed by atoms with Crippen LogP contribution < -0.4 is 9.62 Å². The molecule has 0 spiro atoms. The first-order valence-corrected chi connectivity index (χ1v) is 16.5. The molecule has 0 aliphatic rings. The number of benzene rings is 4. The van der Waals surface area contributed by atoms with E-state index < -0.39 is 28.5 Å². The quantitative estimate of drug-likeness (QED) is 0.191. The summed E-state index contributed by atoms with van der Waals surface area (Å²) in [6.45, 7) is 3.81. The Labute approximate surface area is 262 Å². The van der Waals surface area contributed by atoms with Crippen molar-refractivity contribution >= 4 is 43.5 Å². The van der Waals surface area contributed by atoms with Crippen LogP contribution in [0.25, 0.3) is 0 Å². The van der Waals surface area contributed by atoms with Gasteiger partial charge in [-0.25, -0.2) is 8.42 Å². The Morgan fingerprint density at radius 1 is 0.791 bits per heavy atom. The second kappa shape index (κ2) is 15.0. The zero-order valence-corrected chi connectivity index (χ0v) is 26.7. The van der Waals surface area contributed by atoms with Crippen LogP contribution in [0.15, 0.2) is 119 Å². The van der Waals surface area contributed by atoms with Gasteiger partial charge in [0.25, 0.3) is 10.0 Å². The molecule has 4 rings (SSSR count). The van der Waals surface area contributed by atoms with Gasteiger partial charge in [-0.3, -0.25) is 13.9 Å². The topological polar surface area (TPSA) is 86.8 Å². The number of aryl methyl sites for hydroxylation is 1. The van der Waals surface area contributed by atoms with Crippen molar-refractivity contribution in [3.8, 4) is 0 Å². The van der Waals surface area contributed by atoms with E-state index in [1.165, 1.54) is 21.3 Å². The van der Waals surface area contributed by atoms with E-state index in [1.54, 1.807) is 30.3 Å². The number of hydrogen-bond acceptors (Lipinski definition) is 4. The van der Waals surface area contributed by atoms with Gasteiger partial charge in [0.15, 0.2) is 0 Å². The summed E-state index contributed by atoms with van der Waals surface area (Å²) in [6.07, 6.45) is 0.843. The lowest BCUT2D eigenvalue weighted by Crippen LogP contribution is -2.53. The number of hydrogen-bond donors (Lipinski definition) is 1. The highest BCUT2D eigenvalue weighted by atomic mass is 79.9. The summed E-state index contributed by atoms with van der Waals surface area (Å²) in [5.41, 5.74) is 2.92. The van der Waals surface area contributed by atoms with Crippen molar-refractivity contribution in [3.05, 3.63) is 130 Å². The summed E-state index contributed by atoms with van der Waals surface area (Å²) < 4.78 is 30.3. The average Bonchev–Trinajstić information content (AvgIpc) is 3.03. The third-order valence-corrected chi connectivity index (χ3v) is 9.44. The number of sulfonamides is 1. The molecule has 4 aromatic rings. The van der Waals surface area contributed by atoms with E-state index in [2.05, 4.69) is 21.2 Å². The van der Waals surface area contributed by atoms with Crippen molar-refractivity contribution in [2.24, 2.45) is 0 Å². The maximum atomic E-state index is 14.4. The highest BCUT2D eigenvalue weighted by Crippen LogP contribution is 2.28. The number of carbonyl (C=O) groups is 2. The monoisotopic (exact) mass is 661 g/mol. The minimum Gasteiger partial charge on any atom is -0.355 e. The van der Waals surface area contributed by atoms with Crippen LogP contribution in [-0.4, -0.2) is 44.3 Å². The first-order chi connectivity index (χ1) is 20.7. The van der Waals surface area contributed by atoms with Crippen LogP contribution >= 0.6 is 15.9 Å². The Morgan fingerprint density at radius 2 is 1.40 bits per heavy atom. The minimum atomic E-state index is -4.13. The van der Waals surface area contributed by atoms with Gasteiger partial charge >= 0.3 is 0 Å². The number of likely N-dealkylation sites (N-methyl/N-ethyl adjacent to an activating group) is 1. The lowest BCUT2D eigenvalue weighted by Gasteiger charge is -2.34. The smallest absolute Gasteiger partial charge is 0.264 e. The van der Waals surface area contributed by atoms with E-state index >= 15 is 0 Å². The van der Waals surface area contributed by atoms with Crippen molar-refractivity contribution in [2.75, 3.05) is 17.4 Å².